The Hall–Kier alpha value is -0.680. The fourth-order valence-corrected chi connectivity index (χ4v) is 1.94. The van der Waals surface area contributed by atoms with Gasteiger partial charge in [0.1, 0.15) is 5.15 Å². The van der Waals surface area contributed by atoms with Crippen molar-refractivity contribution < 1.29 is 9.47 Å². The normalized spacial score (nSPS) is 11.2. The molecule has 1 aromatic rings. The Morgan fingerprint density at radius 2 is 1.79 bits per heavy atom. The molecule has 0 aliphatic heterocycles. The molecule has 0 saturated carbocycles. The molecule has 1 rings (SSSR count). The minimum absolute atomic E-state index is 0.534. The van der Waals surface area contributed by atoms with E-state index in [1.807, 2.05) is 26.0 Å². The first kappa shape index (κ1) is 16.4. The van der Waals surface area contributed by atoms with Crippen LogP contribution in [-0.4, -0.2) is 49.4 Å². The quantitative estimate of drug-likeness (QED) is 0.489. The van der Waals surface area contributed by atoms with E-state index in [1.54, 1.807) is 6.20 Å². The van der Waals surface area contributed by atoms with Gasteiger partial charge in [-0.25, -0.2) is 4.98 Å². The monoisotopic (exact) mass is 286 g/mol. The maximum absolute atomic E-state index is 5.90. The minimum atomic E-state index is 0.534. The highest BCUT2D eigenvalue weighted by Crippen LogP contribution is 2.09. The van der Waals surface area contributed by atoms with Crippen LogP contribution in [-0.2, 0) is 16.0 Å². The van der Waals surface area contributed by atoms with E-state index in [0.717, 1.165) is 51.6 Å². The van der Waals surface area contributed by atoms with Crippen molar-refractivity contribution in [1.29, 1.82) is 0 Å². The molecule has 0 unspecified atom stereocenters. The fraction of sp³-hybridized carbons (Fsp3) is 0.643. The molecule has 0 N–H and O–H groups in total. The molecular weight excluding hydrogens is 264 g/mol. The highest BCUT2D eigenvalue weighted by Gasteiger charge is 2.06. The molecule has 0 aliphatic rings. The smallest absolute Gasteiger partial charge is 0.129 e. The molecule has 1 heterocycles. The van der Waals surface area contributed by atoms with Crippen LogP contribution >= 0.6 is 11.6 Å². The SMILES string of the molecule is CCOCCN(CCOCC)Cc1ccnc(Cl)c1. The van der Waals surface area contributed by atoms with Gasteiger partial charge in [0.15, 0.2) is 0 Å². The molecular formula is C14H23ClN2O2. The number of pyridine rings is 1. The van der Waals surface area contributed by atoms with Crippen molar-refractivity contribution in [3.05, 3.63) is 29.0 Å². The first-order valence-electron chi connectivity index (χ1n) is 6.74. The van der Waals surface area contributed by atoms with Crippen molar-refractivity contribution in [2.24, 2.45) is 0 Å². The van der Waals surface area contributed by atoms with E-state index in [1.165, 1.54) is 0 Å². The lowest BCUT2D eigenvalue weighted by atomic mass is 10.2. The van der Waals surface area contributed by atoms with Crippen LogP contribution in [0.4, 0.5) is 0 Å². The van der Waals surface area contributed by atoms with Gasteiger partial charge in [-0.2, -0.15) is 0 Å². The number of hydrogen-bond donors (Lipinski definition) is 0. The third-order valence-electron chi connectivity index (χ3n) is 2.71. The number of nitrogens with zero attached hydrogens (tertiary/aromatic N) is 2. The Balaban J connectivity index is 2.46. The van der Waals surface area contributed by atoms with Crippen LogP contribution in [0.1, 0.15) is 19.4 Å². The summed E-state index contributed by atoms with van der Waals surface area (Å²) < 4.78 is 10.8. The molecule has 19 heavy (non-hydrogen) atoms. The zero-order valence-corrected chi connectivity index (χ0v) is 12.5. The molecule has 4 nitrogen and oxygen atoms in total. The van der Waals surface area contributed by atoms with Crippen LogP contribution in [0.25, 0.3) is 0 Å². The zero-order valence-electron chi connectivity index (χ0n) is 11.8. The molecule has 0 fully saturated rings. The summed E-state index contributed by atoms with van der Waals surface area (Å²) in [5.41, 5.74) is 1.16. The summed E-state index contributed by atoms with van der Waals surface area (Å²) in [5.74, 6) is 0. The van der Waals surface area contributed by atoms with Crippen LogP contribution in [0, 0.1) is 0 Å². The van der Waals surface area contributed by atoms with E-state index in [2.05, 4.69) is 9.88 Å². The predicted molar refractivity (Wildman–Crippen MR) is 77.5 cm³/mol. The Bertz CT molecular complexity index is 340. The van der Waals surface area contributed by atoms with Crippen molar-refractivity contribution in [1.82, 2.24) is 9.88 Å². The van der Waals surface area contributed by atoms with Crippen molar-refractivity contribution in [2.75, 3.05) is 39.5 Å². The first-order valence-corrected chi connectivity index (χ1v) is 7.12. The Morgan fingerprint density at radius 1 is 1.16 bits per heavy atom. The van der Waals surface area contributed by atoms with Crippen LogP contribution in [0.15, 0.2) is 18.3 Å². The maximum Gasteiger partial charge on any atom is 0.129 e. The van der Waals surface area contributed by atoms with E-state index < -0.39 is 0 Å². The lowest BCUT2D eigenvalue weighted by Gasteiger charge is -2.22. The highest BCUT2D eigenvalue weighted by atomic mass is 35.5. The molecule has 0 saturated heterocycles. The van der Waals surface area contributed by atoms with E-state index in [9.17, 15) is 0 Å². The van der Waals surface area contributed by atoms with Crippen molar-refractivity contribution in [2.45, 2.75) is 20.4 Å². The molecule has 0 atom stereocenters. The second kappa shape index (κ2) is 10.1. The highest BCUT2D eigenvalue weighted by molar-refractivity contribution is 6.29. The average Bonchev–Trinajstić information content (AvgIpc) is 2.39. The molecule has 5 heteroatoms. The van der Waals surface area contributed by atoms with Gasteiger partial charge in [-0.1, -0.05) is 11.6 Å². The van der Waals surface area contributed by atoms with Gasteiger partial charge in [0.2, 0.25) is 0 Å². The summed E-state index contributed by atoms with van der Waals surface area (Å²) in [6.07, 6.45) is 1.74. The molecule has 0 amide bonds. The first-order chi connectivity index (χ1) is 9.26. The van der Waals surface area contributed by atoms with Gasteiger partial charge < -0.3 is 9.47 Å². The summed E-state index contributed by atoms with van der Waals surface area (Å²) in [4.78, 5) is 6.30. The zero-order chi connectivity index (χ0) is 13.9. The summed E-state index contributed by atoms with van der Waals surface area (Å²) in [7, 11) is 0. The average molecular weight is 287 g/mol. The van der Waals surface area contributed by atoms with Crippen molar-refractivity contribution >= 4 is 11.6 Å². The van der Waals surface area contributed by atoms with Crippen LogP contribution in [0.2, 0.25) is 5.15 Å². The molecule has 0 aromatic carbocycles. The van der Waals surface area contributed by atoms with Gasteiger partial charge in [-0.15, -0.1) is 0 Å². The Kier molecular flexibility index (Phi) is 8.75. The van der Waals surface area contributed by atoms with Crippen LogP contribution in [0.3, 0.4) is 0 Å². The third kappa shape index (κ3) is 7.47. The molecule has 1 aromatic heterocycles. The van der Waals surface area contributed by atoms with Crippen molar-refractivity contribution in [3.8, 4) is 0 Å². The number of halogens is 1. The third-order valence-corrected chi connectivity index (χ3v) is 2.92. The van der Waals surface area contributed by atoms with Crippen molar-refractivity contribution in [3.63, 3.8) is 0 Å². The number of rotatable bonds is 10. The van der Waals surface area contributed by atoms with Gasteiger partial charge in [-0.3, -0.25) is 4.90 Å². The van der Waals surface area contributed by atoms with E-state index >= 15 is 0 Å². The minimum Gasteiger partial charge on any atom is -0.380 e. The molecule has 0 bridgehead atoms. The Labute approximate surface area is 120 Å². The number of ether oxygens (including phenoxy) is 2. The number of hydrogen-bond acceptors (Lipinski definition) is 4. The number of aromatic nitrogens is 1. The topological polar surface area (TPSA) is 34.6 Å². The Morgan fingerprint density at radius 3 is 2.32 bits per heavy atom. The molecule has 0 radical (unpaired) electrons. The van der Waals surface area contributed by atoms with E-state index in [4.69, 9.17) is 21.1 Å². The predicted octanol–water partition coefficient (Wildman–Crippen LogP) is 2.61. The van der Waals surface area contributed by atoms with Crippen LogP contribution < -0.4 is 0 Å². The largest absolute Gasteiger partial charge is 0.380 e. The summed E-state index contributed by atoms with van der Waals surface area (Å²) in [5, 5.41) is 0.534. The standard InChI is InChI=1S/C14H23ClN2O2/c1-3-18-9-7-17(8-10-19-4-2)12-13-5-6-16-14(15)11-13/h5-6,11H,3-4,7-10,12H2,1-2H3. The lowest BCUT2D eigenvalue weighted by Crippen LogP contribution is -2.30. The molecule has 0 aliphatic carbocycles. The van der Waals surface area contributed by atoms with Gasteiger partial charge in [-0.05, 0) is 31.5 Å². The molecule has 0 spiro atoms. The summed E-state index contributed by atoms with van der Waals surface area (Å²) >= 11 is 5.90. The fourth-order valence-electron chi connectivity index (χ4n) is 1.75. The van der Waals surface area contributed by atoms with Crippen LogP contribution in [0.5, 0.6) is 0 Å². The van der Waals surface area contributed by atoms with Gasteiger partial charge in [0.05, 0.1) is 13.2 Å². The summed E-state index contributed by atoms with van der Waals surface area (Å²) in [6.45, 7) is 9.61. The van der Waals surface area contributed by atoms with Gasteiger partial charge in [0.25, 0.3) is 0 Å². The summed E-state index contributed by atoms with van der Waals surface area (Å²) in [6, 6.07) is 3.89. The maximum atomic E-state index is 5.90. The lowest BCUT2D eigenvalue weighted by molar-refractivity contribution is 0.0798. The van der Waals surface area contributed by atoms with E-state index in [0.29, 0.717) is 5.15 Å². The van der Waals surface area contributed by atoms with Gasteiger partial charge >= 0.3 is 0 Å². The molecule has 108 valence electrons. The second-order valence-corrected chi connectivity index (χ2v) is 4.54. The van der Waals surface area contributed by atoms with E-state index in [-0.39, 0.29) is 0 Å². The van der Waals surface area contributed by atoms with Gasteiger partial charge in [0, 0.05) is 39.0 Å². The second-order valence-electron chi connectivity index (χ2n) is 4.16.